The number of benzene rings is 2. The van der Waals surface area contributed by atoms with Gasteiger partial charge in [0.05, 0.1) is 41.2 Å². The van der Waals surface area contributed by atoms with E-state index in [1.165, 1.54) is 20.0 Å². The lowest BCUT2D eigenvalue weighted by Gasteiger charge is -2.33. The van der Waals surface area contributed by atoms with E-state index in [-0.39, 0.29) is 18.1 Å². The van der Waals surface area contributed by atoms with Gasteiger partial charge in [-0.25, -0.2) is 4.79 Å². The third-order valence-electron chi connectivity index (χ3n) is 8.77. The highest BCUT2D eigenvalue weighted by Crippen LogP contribution is 2.45. The normalized spacial score (nSPS) is 19.0. The summed E-state index contributed by atoms with van der Waals surface area (Å²) >= 11 is 13.0. The second-order valence-corrected chi connectivity index (χ2v) is 12.3. The number of methoxy groups -OCH3 is 1. The minimum Gasteiger partial charge on any atom is -0.465 e. The zero-order valence-corrected chi connectivity index (χ0v) is 26.5. The minimum atomic E-state index is -0.355. The number of pyridine rings is 1. The lowest BCUT2D eigenvalue weighted by Crippen LogP contribution is -2.33. The Kier molecular flexibility index (Phi) is 8.16. The molecule has 2 fully saturated rings. The third-order valence-corrected chi connectivity index (χ3v) is 9.38. The van der Waals surface area contributed by atoms with Gasteiger partial charge in [0.25, 0.3) is 0 Å². The molecule has 7 nitrogen and oxygen atoms in total. The predicted molar refractivity (Wildman–Crippen MR) is 177 cm³/mol. The van der Waals surface area contributed by atoms with Gasteiger partial charge in [-0.1, -0.05) is 24.6 Å². The first-order valence-corrected chi connectivity index (χ1v) is 15.5. The zero-order chi connectivity index (χ0) is 30.2. The van der Waals surface area contributed by atoms with Gasteiger partial charge < -0.3 is 24.4 Å². The van der Waals surface area contributed by atoms with E-state index in [0.29, 0.717) is 10.7 Å². The monoisotopic (exact) mass is 613 g/mol. The van der Waals surface area contributed by atoms with Crippen molar-refractivity contribution in [1.29, 1.82) is 0 Å². The molecule has 0 spiro atoms. The van der Waals surface area contributed by atoms with Crippen molar-refractivity contribution in [2.24, 2.45) is 5.92 Å². The number of ether oxygens (including phenoxy) is 1. The van der Waals surface area contributed by atoms with E-state index in [9.17, 15) is 4.79 Å². The number of hydrogen-bond donors (Lipinski definition) is 1. The summed E-state index contributed by atoms with van der Waals surface area (Å²) in [5, 5.41) is 4.93. The fraction of sp³-hybridized carbons (Fsp3) is 0.324. The molecule has 4 aromatic rings. The number of anilines is 2. The van der Waals surface area contributed by atoms with Crippen LogP contribution in [0.3, 0.4) is 0 Å². The molecule has 0 aliphatic carbocycles. The van der Waals surface area contributed by atoms with Gasteiger partial charge in [-0.3, -0.25) is 4.98 Å². The number of rotatable bonds is 6. The minimum absolute atomic E-state index is 0.172. The second-order valence-electron chi connectivity index (χ2n) is 11.5. The summed E-state index contributed by atoms with van der Waals surface area (Å²) < 4.78 is 7.09. The number of esters is 1. The number of thiocarbonyl (C=S) groups is 1. The van der Waals surface area contributed by atoms with Crippen molar-refractivity contribution in [3.05, 3.63) is 106 Å². The van der Waals surface area contributed by atoms with E-state index in [1.807, 2.05) is 42.6 Å². The summed E-state index contributed by atoms with van der Waals surface area (Å²) in [5.74, 6) is 0.392. The Morgan fingerprint density at radius 2 is 1.74 bits per heavy atom. The van der Waals surface area contributed by atoms with Crippen LogP contribution >= 0.6 is 23.8 Å². The highest BCUT2D eigenvalue weighted by molar-refractivity contribution is 7.80. The molecule has 43 heavy (non-hydrogen) atoms. The van der Waals surface area contributed by atoms with E-state index in [1.54, 1.807) is 12.1 Å². The average Bonchev–Trinajstić information content (AvgIpc) is 3.52. The van der Waals surface area contributed by atoms with Gasteiger partial charge in [-0.05, 0) is 111 Å². The molecule has 0 unspecified atom stereocenters. The van der Waals surface area contributed by atoms with Crippen LogP contribution in [0.5, 0.6) is 0 Å². The van der Waals surface area contributed by atoms with Crippen molar-refractivity contribution in [3.8, 4) is 5.69 Å². The zero-order valence-electron chi connectivity index (χ0n) is 24.9. The molecular formula is C34H36ClN5O2S. The number of aromatic nitrogens is 2. The summed E-state index contributed by atoms with van der Waals surface area (Å²) in [6, 6.07) is 21.6. The van der Waals surface area contributed by atoms with E-state index in [4.69, 9.17) is 33.5 Å². The first-order valence-electron chi connectivity index (χ1n) is 14.7. The average molecular weight is 614 g/mol. The van der Waals surface area contributed by atoms with Crippen LogP contribution < -0.4 is 15.1 Å². The third kappa shape index (κ3) is 5.50. The topological polar surface area (TPSA) is 62.6 Å². The highest BCUT2D eigenvalue weighted by atomic mass is 35.5. The van der Waals surface area contributed by atoms with Gasteiger partial charge in [-0.15, -0.1) is 0 Å². The molecule has 6 rings (SSSR count). The van der Waals surface area contributed by atoms with Crippen molar-refractivity contribution in [3.63, 3.8) is 0 Å². The molecule has 0 amide bonds. The number of nitrogens with one attached hydrogen (secondary N) is 1. The van der Waals surface area contributed by atoms with E-state index >= 15 is 0 Å². The van der Waals surface area contributed by atoms with Crippen molar-refractivity contribution < 1.29 is 9.53 Å². The van der Waals surface area contributed by atoms with Gasteiger partial charge >= 0.3 is 5.97 Å². The Balaban J connectivity index is 1.41. The van der Waals surface area contributed by atoms with Gasteiger partial charge in [0, 0.05) is 42.0 Å². The van der Waals surface area contributed by atoms with Gasteiger partial charge in [-0.2, -0.15) is 0 Å². The predicted octanol–water partition coefficient (Wildman–Crippen LogP) is 7.34. The molecule has 0 saturated carbocycles. The Labute approximate surface area is 263 Å². The van der Waals surface area contributed by atoms with Gasteiger partial charge in [0.15, 0.2) is 5.11 Å². The smallest absolute Gasteiger partial charge is 0.337 e. The fourth-order valence-corrected chi connectivity index (χ4v) is 7.09. The Hall–Kier alpha value is -3.88. The standard InChI is InChI=1S/C34H36ClN5O2S/c1-21-14-17-38(18-15-21)30-13-12-26(20-28(30)35)40-32(31(37-34(40)43)29-7-5-6-16-36-29)27-19-22(2)39(23(27)3)25-10-8-24(9-11-25)33(41)42-4/h5-13,16,19-21,31-32H,14-15,17-18H2,1-4H3,(H,37,43)/t31-,32+/m1/s1. The first-order chi connectivity index (χ1) is 20.8. The fourth-order valence-electron chi connectivity index (χ4n) is 6.45. The molecule has 9 heteroatoms. The maximum Gasteiger partial charge on any atom is 0.337 e. The summed E-state index contributed by atoms with van der Waals surface area (Å²) in [6.45, 7) is 8.56. The lowest BCUT2D eigenvalue weighted by molar-refractivity contribution is 0.0600. The number of carbonyl (C=O) groups excluding carboxylic acids is 1. The number of halogens is 1. The maximum atomic E-state index is 12.0. The molecule has 2 aromatic heterocycles. The Morgan fingerprint density at radius 3 is 2.40 bits per heavy atom. The van der Waals surface area contributed by atoms with E-state index < -0.39 is 0 Å². The Bertz CT molecular complexity index is 1650. The van der Waals surface area contributed by atoms with Crippen molar-refractivity contribution >= 4 is 46.3 Å². The SMILES string of the molecule is COC(=O)c1ccc(-n2c(C)cc([C@H]3[C@@H](c4ccccn4)NC(=S)N3c3ccc(N4CCC(C)CC4)c(Cl)c3)c2C)cc1. The van der Waals surface area contributed by atoms with Crippen LogP contribution in [0, 0.1) is 19.8 Å². The van der Waals surface area contributed by atoms with Crippen molar-refractivity contribution in [2.75, 3.05) is 30.0 Å². The molecule has 4 heterocycles. The maximum absolute atomic E-state index is 12.0. The number of nitrogens with zero attached hydrogens (tertiary/aromatic N) is 4. The number of carbonyl (C=O) groups is 1. The summed E-state index contributed by atoms with van der Waals surface area (Å²) in [5.41, 5.74) is 7.68. The molecule has 2 aromatic carbocycles. The van der Waals surface area contributed by atoms with Crippen LogP contribution in [0.2, 0.25) is 5.02 Å². The molecular weight excluding hydrogens is 578 g/mol. The summed E-state index contributed by atoms with van der Waals surface area (Å²) in [7, 11) is 1.39. The van der Waals surface area contributed by atoms with Crippen LogP contribution in [0.25, 0.3) is 5.69 Å². The van der Waals surface area contributed by atoms with Crippen LogP contribution in [0.4, 0.5) is 11.4 Å². The Morgan fingerprint density at radius 1 is 1.02 bits per heavy atom. The van der Waals surface area contributed by atoms with Crippen LogP contribution in [0.1, 0.15) is 64.9 Å². The molecule has 2 aliphatic heterocycles. The molecule has 2 saturated heterocycles. The van der Waals surface area contributed by atoms with Crippen molar-refractivity contribution in [1.82, 2.24) is 14.9 Å². The number of hydrogen-bond acceptors (Lipinski definition) is 5. The van der Waals surface area contributed by atoms with Crippen LogP contribution in [-0.2, 0) is 4.74 Å². The summed E-state index contributed by atoms with van der Waals surface area (Å²) in [6.07, 6.45) is 4.16. The lowest BCUT2D eigenvalue weighted by atomic mass is 9.96. The number of piperidine rings is 1. The van der Waals surface area contributed by atoms with Crippen LogP contribution in [0.15, 0.2) is 72.9 Å². The molecule has 2 atom stereocenters. The molecule has 2 aliphatic rings. The highest BCUT2D eigenvalue weighted by Gasteiger charge is 2.42. The van der Waals surface area contributed by atoms with Crippen LogP contribution in [-0.4, -0.2) is 40.8 Å². The van der Waals surface area contributed by atoms with Crippen molar-refractivity contribution in [2.45, 2.75) is 45.7 Å². The molecule has 0 bridgehead atoms. The molecule has 222 valence electrons. The molecule has 0 radical (unpaired) electrons. The van der Waals surface area contributed by atoms with Gasteiger partial charge in [0.1, 0.15) is 0 Å². The largest absolute Gasteiger partial charge is 0.465 e. The summed E-state index contributed by atoms with van der Waals surface area (Å²) in [4.78, 5) is 21.3. The van der Waals surface area contributed by atoms with E-state index in [0.717, 1.165) is 63.7 Å². The number of aryl methyl sites for hydroxylation is 1. The second kappa shape index (κ2) is 12.0. The molecule has 1 N–H and O–H groups in total. The van der Waals surface area contributed by atoms with Gasteiger partial charge in [0.2, 0.25) is 0 Å². The first kappa shape index (κ1) is 29.2. The quantitative estimate of drug-likeness (QED) is 0.180. The van der Waals surface area contributed by atoms with E-state index in [2.05, 4.69) is 58.7 Å².